The van der Waals surface area contributed by atoms with Gasteiger partial charge in [-0.2, -0.15) is 0 Å². The second kappa shape index (κ2) is 4.87. The Morgan fingerprint density at radius 1 is 1.42 bits per heavy atom. The van der Waals surface area contributed by atoms with Crippen molar-refractivity contribution in [2.24, 2.45) is 0 Å². The summed E-state index contributed by atoms with van der Waals surface area (Å²) in [5.41, 5.74) is 0. The van der Waals surface area contributed by atoms with Gasteiger partial charge in [0.2, 0.25) is 11.8 Å². The smallest absolute Gasteiger partial charge is 0.230 e. The summed E-state index contributed by atoms with van der Waals surface area (Å²) < 4.78 is 5.18. The van der Waals surface area contributed by atoms with E-state index in [0.717, 1.165) is 6.54 Å². The number of hydrogen-bond donors (Lipinski definition) is 1. The highest BCUT2D eigenvalue weighted by Crippen LogP contribution is 1.96. The number of aryl methyl sites for hydroxylation is 1. The number of unbranched alkanes of at least 4 members (excludes halogenated alkanes) is 1. The minimum atomic E-state index is 0.627. The summed E-state index contributed by atoms with van der Waals surface area (Å²) >= 11 is 0. The molecule has 0 bridgehead atoms. The maximum absolute atomic E-state index is 5.18. The molecule has 0 atom stereocenters. The number of hydrogen-bond acceptors (Lipinski definition) is 4. The van der Waals surface area contributed by atoms with Gasteiger partial charge in [-0.05, 0) is 13.0 Å². The lowest BCUT2D eigenvalue weighted by Crippen LogP contribution is -2.14. The summed E-state index contributed by atoms with van der Waals surface area (Å²) in [6.07, 6.45) is 2.39. The van der Waals surface area contributed by atoms with E-state index in [2.05, 4.69) is 22.4 Å². The van der Waals surface area contributed by atoms with Gasteiger partial charge in [-0.1, -0.05) is 13.3 Å². The Morgan fingerprint density at radius 2 is 2.25 bits per heavy atom. The van der Waals surface area contributed by atoms with Crippen molar-refractivity contribution in [1.29, 1.82) is 0 Å². The Balaban J connectivity index is 2.15. The van der Waals surface area contributed by atoms with Crippen LogP contribution in [0.4, 0.5) is 0 Å². The van der Waals surface area contributed by atoms with Gasteiger partial charge in [-0.25, -0.2) is 0 Å². The maximum atomic E-state index is 5.18. The largest absolute Gasteiger partial charge is 0.424 e. The quantitative estimate of drug-likeness (QED) is 0.674. The topological polar surface area (TPSA) is 51.0 Å². The van der Waals surface area contributed by atoms with Gasteiger partial charge in [0.05, 0.1) is 6.54 Å². The highest BCUT2D eigenvalue weighted by Gasteiger charge is 1.99. The molecule has 1 rings (SSSR count). The highest BCUT2D eigenvalue weighted by molar-refractivity contribution is 4.77. The molecule has 0 aromatic carbocycles. The van der Waals surface area contributed by atoms with Gasteiger partial charge in [0, 0.05) is 6.92 Å². The molecule has 0 aliphatic carbocycles. The third-order valence-electron chi connectivity index (χ3n) is 1.55. The minimum Gasteiger partial charge on any atom is -0.424 e. The van der Waals surface area contributed by atoms with Crippen LogP contribution < -0.4 is 5.32 Å². The van der Waals surface area contributed by atoms with Gasteiger partial charge in [0.25, 0.3) is 0 Å². The Morgan fingerprint density at radius 3 is 2.83 bits per heavy atom. The molecule has 1 N–H and O–H groups in total. The summed E-state index contributed by atoms with van der Waals surface area (Å²) in [4.78, 5) is 0. The van der Waals surface area contributed by atoms with Crippen LogP contribution in [0.3, 0.4) is 0 Å². The van der Waals surface area contributed by atoms with Gasteiger partial charge in [0.1, 0.15) is 0 Å². The van der Waals surface area contributed by atoms with E-state index in [9.17, 15) is 0 Å². The van der Waals surface area contributed by atoms with Crippen LogP contribution in [0.25, 0.3) is 0 Å². The van der Waals surface area contributed by atoms with Crippen molar-refractivity contribution in [2.45, 2.75) is 33.2 Å². The van der Waals surface area contributed by atoms with Gasteiger partial charge in [-0.15, -0.1) is 10.2 Å². The molecule has 0 unspecified atom stereocenters. The second-order valence-electron chi connectivity index (χ2n) is 2.75. The molecular weight excluding hydrogens is 154 g/mol. The van der Waals surface area contributed by atoms with Crippen molar-refractivity contribution in [3.8, 4) is 0 Å². The molecule has 0 radical (unpaired) electrons. The lowest BCUT2D eigenvalue weighted by atomic mass is 10.3. The SMILES string of the molecule is CCCCNCc1nnc(C)o1. The zero-order valence-corrected chi connectivity index (χ0v) is 7.63. The van der Waals surface area contributed by atoms with Crippen molar-refractivity contribution in [3.05, 3.63) is 11.8 Å². The number of nitrogens with one attached hydrogen (secondary N) is 1. The fourth-order valence-corrected chi connectivity index (χ4v) is 0.906. The fraction of sp³-hybridized carbons (Fsp3) is 0.750. The molecule has 68 valence electrons. The van der Waals surface area contributed by atoms with Crippen LogP contribution in [-0.4, -0.2) is 16.7 Å². The molecule has 12 heavy (non-hydrogen) atoms. The van der Waals surface area contributed by atoms with Crippen LogP contribution in [0, 0.1) is 6.92 Å². The van der Waals surface area contributed by atoms with Gasteiger partial charge in [0.15, 0.2) is 0 Å². The second-order valence-corrected chi connectivity index (χ2v) is 2.75. The first kappa shape index (κ1) is 9.19. The molecule has 1 heterocycles. The highest BCUT2D eigenvalue weighted by atomic mass is 16.4. The van der Waals surface area contributed by atoms with E-state index in [0.29, 0.717) is 18.3 Å². The number of rotatable bonds is 5. The van der Waals surface area contributed by atoms with Crippen molar-refractivity contribution in [3.63, 3.8) is 0 Å². The van der Waals surface area contributed by atoms with Crippen molar-refractivity contribution in [1.82, 2.24) is 15.5 Å². The van der Waals surface area contributed by atoms with Crippen molar-refractivity contribution >= 4 is 0 Å². The summed E-state index contributed by atoms with van der Waals surface area (Å²) in [5, 5.41) is 10.8. The van der Waals surface area contributed by atoms with E-state index in [1.54, 1.807) is 6.92 Å². The van der Waals surface area contributed by atoms with Gasteiger partial charge in [-0.3, -0.25) is 0 Å². The Kier molecular flexibility index (Phi) is 3.73. The summed E-state index contributed by atoms with van der Waals surface area (Å²) in [5.74, 6) is 1.30. The fourth-order valence-electron chi connectivity index (χ4n) is 0.906. The van der Waals surface area contributed by atoms with E-state index in [-0.39, 0.29) is 0 Å². The van der Waals surface area contributed by atoms with E-state index >= 15 is 0 Å². The van der Waals surface area contributed by atoms with E-state index < -0.39 is 0 Å². The Bertz CT molecular complexity index is 222. The zero-order chi connectivity index (χ0) is 8.81. The molecular formula is C8H15N3O. The summed E-state index contributed by atoms with van der Waals surface area (Å²) in [6.45, 7) is 5.65. The molecule has 0 fully saturated rings. The predicted molar refractivity (Wildman–Crippen MR) is 45.6 cm³/mol. The van der Waals surface area contributed by atoms with Crippen molar-refractivity contribution < 1.29 is 4.42 Å². The maximum Gasteiger partial charge on any atom is 0.230 e. The average molecular weight is 169 g/mol. The van der Waals surface area contributed by atoms with E-state index in [1.165, 1.54) is 12.8 Å². The lowest BCUT2D eigenvalue weighted by Gasteiger charge is -1.97. The summed E-state index contributed by atoms with van der Waals surface area (Å²) in [6, 6.07) is 0. The number of aromatic nitrogens is 2. The average Bonchev–Trinajstić information content (AvgIpc) is 2.45. The molecule has 1 aromatic heterocycles. The molecule has 0 aliphatic heterocycles. The van der Waals surface area contributed by atoms with E-state index in [1.807, 2.05) is 0 Å². The first-order valence-electron chi connectivity index (χ1n) is 4.32. The lowest BCUT2D eigenvalue weighted by molar-refractivity contribution is 0.445. The molecule has 0 saturated carbocycles. The zero-order valence-electron chi connectivity index (χ0n) is 7.63. The van der Waals surface area contributed by atoms with Gasteiger partial charge >= 0.3 is 0 Å². The molecule has 0 spiro atoms. The third kappa shape index (κ3) is 3.00. The molecule has 4 nitrogen and oxygen atoms in total. The normalized spacial score (nSPS) is 10.5. The van der Waals surface area contributed by atoms with Crippen LogP contribution in [0.1, 0.15) is 31.5 Å². The first-order chi connectivity index (χ1) is 5.83. The molecule has 4 heteroatoms. The molecule has 1 aromatic rings. The van der Waals surface area contributed by atoms with E-state index in [4.69, 9.17) is 4.42 Å². The Labute approximate surface area is 72.4 Å². The first-order valence-corrected chi connectivity index (χ1v) is 4.32. The Hall–Kier alpha value is -0.900. The predicted octanol–water partition coefficient (Wildman–Crippen LogP) is 1.27. The van der Waals surface area contributed by atoms with Crippen LogP contribution in [-0.2, 0) is 6.54 Å². The van der Waals surface area contributed by atoms with Gasteiger partial charge < -0.3 is 9.73 Å². The van der Waals surface area contributed by atoms with Crippen LogP contribution in [0.2, 0.25) is 0 Å². The molecule has 0 aliphatic rings. The number of nitrogens with zero attached hydrogens (tertiary/aromatic N) is 2. The van der Waals surface area contributed by atoms with Crippen molar-refractivity contribution in [2.75, 3.05) is 6.54 Å². The standard InChI is InChI=1S/C8H15N3O/c1-3-4-5-9-6-8-11-10-7(2)12-8/h9H,3-6H2,1-2H3. The molecule has 0 saturated heterocycles. The third-order valence-corrected chi connectivity index (χ3v) is 1.55. The monoisotopic (exact) mass is 169 g/mol. The molecule has 0 amide bonds. The van der Waals surface area contributed by atoms with Crippen LogP contribution in [0.15, 0.2) is 4.42 Å². The van der Waals surface area contributed by atoms with Crippen LogP contribution in [0.5, 0.6) is 0 Å². The minimum absolute atomic E-state index is 0.627. The van der Waals surface area contributed by atoms with Crippen LogP contribution >= 0.6 is 0 Å². The summed E-state index contributed by atoms with van der Waals surface area (Å²) in [7, 11) is 0.